The van der Waals surface area contributed by atoms with Gasteiger partial charge in [0, 0.05) is 42.7 Å². The summed E-state index contributed by atoms with van der Waals surface area (Å²) in [5, 5.41) is 14.5. The highest BCUT2D eigenvalue weighted by Crippen LogP contribution is 2.36. The molecule has 3 aromatic heterocycles. The van der Waals surface area contributed by atoms with E-state index >= 15 is 0 Å². The van der Waals surface area contributed by atoms with Gasteiger partial charge in [-0.3, -0.25) is 19.1 Å². The third kappa shape index (κ3) is 5.63. The molecule has 1 aliphatic carbocycles. The normalized spacial score (nSPS) is 14.0. The number of nitrogens with one attached hydrogen (secondary N) is 4. The minimum absolute atomic E-state index is 0.0511. The first kappa shape index (κ1) is 27.2. The Balaban J connectivity index is 1.28. The number of anilines is 2. The lowest BCUT2D eigenvalue weighted by Gasteiger charge is -2.14. The molecule has 1 saturated carbocycles. The third-order valence-corrected chi connectivity index (χ3v) is 7.06. The maximum Gasteiger partial charge on any atom is 0.433 e. The van der Waals surface area contributed by atoms with Gasteiger partial charge in [-0.15, -0.1) is 0 Å². The Bertz CT molecular complexity index is 1520. The fraction of sp³-hybridized carbons (Fsp3) is 0.370. The van der Waals surface area contributed by atoms with Gasteiger partial charge in [0.2, 0.25) is 5.91 Å². The second-order valence-electron chi connectivity index (χ2n) is 9.65. The number of amides is 2. The molecular formula is C27H29F3N8O2. The summed E-state index contributed by atoms with van der Waals surface area (Å²) in [5.74, 6) is 0.231. The van der Waals surface area contributed by atoms with E-state index in [2.05, 4.69) is 31.0 Å². The first-order valence-corrected chi connectivity index (χ1v) is 13.1. The monoisotopic (exact) mass is 554 g/mol. The van der Waals surface area contributed by atoms with E-state index in [1.807, 2.05) is 18.1 Å². The number of alkyl halides is 3. The van der Waals surface area contributed by atoms with Gasteiger partial charge in [0.1, 0.15) is 5.69 Å². The molecule has 0 unspecified atom stereocenters. The first-order valence-electron chi connectivity index (χ1n) is 13.1. The number of aryl methyl sites for hydroxylation is 1. The van der Waals surface area contributed by atoms with E-state index in [9.17, 15) is 22.8 Å². The molecule has 210 valence electrons. The number of nitrogens with zero attached hydrogens (tertiary/aromatic N) is 4. The molecule has 1 aromatic carbocycles. The van der Waals surface area contributed by atoms with Gasteiger partial charge >= 0.3 is 6.18 Å². The molecule has 1 fully saturated rings. The minimum atomic E-state index is -4.60. The highest BCUT2D eigenvalue weighted by Gasteiger charge is 2.36. The number of imidazole rings is 1. The van der Waals surface area contributed by atoms with Crippen molar-refractivity contribution in [2.24, 2.45) is 5.92 Å². The smallest absolute Gasteiger partial charge is 0.354 e. The van der Waals surface area contributed by atoms with Crippen LogP contribution in [0.4, 0.5) is 24.7 Å². The SMILES string of the molecule is CCc1cc(Nc2nccn3c(-c4cn[nH]c4C(F)(F)F)cnc23)ccc1C(=O)NCCNC(=O)C1CCCC1. The fourth-order valence-corrected chi connectivity index (χ4v) is 5.01. The van der Waals surface area contributed by atoms with Crippen LogP contribution in [0.5, 0.6) is 0 Å². The predicted molar refractivity (Wildman–Crippen MR) is 142 cm³/mol. The summed E-state index contributed by atoms with van der Waals surface area (Å²) in [5.41, 5.74) is 1.40. The van der Waals surface area contributed by atoms with E-state index in [4.69, 9.17) is 0 Å². The predicted octanol–water partition coefficient (Wildman–Crippen LogP) is 4.48. The van der Waals surface area contributed by atoms with Gasteiger partial charge in [0.05, 0.1) is 23.7 Å². The molecule has 0 saturated heterocycles. The lowest BCUT2D eigenvalue weighted by Crippen LogP contribution is -2.37. The maximum atomic E-state index is 13.4. The number of halogens is 3. The van der Waals surface area contributed by atoms with Crippen molar-refractivity contribution in [1.82, 2.24) is 35.2 Å². The van der Waals surface area contributed by atoms with Crippen LogP contribution in [-0.2, 0) is 17.4 Å². The number of aromatic nitrogens is 5. The average Bonchev–Trinajstić information content (AvgIpc) is 3.71. The number of aromatic amines is 1. The van der Waals surface area contributed by atoms with E-state index in [1.165, 1.54) is 23.0 Å². The molecular weight excluding hydrogens is 525 g/mol. The van der Waals surface area contributed by atoms with E-state index in [-0.39, 0.29) is 29.0 Å². The van der Waals surface area contributed by atoms with E-state index in [1.54, 1.807) is 12.1 Å². The van der Waals surface area contributed by atoms with Crippen LogP contribution >= 0.6 is 0 Å². The van der Waals surface area contributed by atoms with Crippen molar-refractivity contribution < 1.29 is 22.8 Å². The molecule has 0 spiro atoms. The summed E-state index contributed by atoms with van der Waals surface area (Å²) in [6.45, 7) is 2.62. The first-order chi connectivity index (χ1) is 19.3. The molecule has 10 nitrogen and oxygen atoms in total. The molecule has 2 amide bonds. The zero-order chi connectivity index (χ0) is 28.3. The van der Waals surface area contributed by atoms with Crippen molar-refractivity contribution in [3.8, 4) is 11.3 Å². The summed E-state index contributed by atoms with van der Waals surface area (Å²) in [7, 11) is 0. The van der Waals surface area contributed by atoms with Gasteiger partial charge < -0.3 is 16.0 Å². The molecule has 0 radical (unpaired) electrons. The molecule has 3 heterocycles. The lowest BCUT2D eigenvalue weighted by molar-refractivity contribution is -0.140. The van der Waals surface area contributed by atoms with E-state index < -0.39 is 11.9 Å². The van der Waals surface area contributed by atoms with Crippen molar-refractivity contribution in [2.45, 2.75) is 45.2 Å². The molecule has 0 aliphatic heterocycles. The number of fused-ring (bicyclic) bond motifs is 1. The number of benzene rings is 1. The number of rotatable bonds is 9. The van der Waals surface area contributed by atoms with Crippen LogP contribution in [0, 0.1) is 5.92 Å². The summed E-state index contributed by atoms with van der Waals surface area (Å²) in [6, 6.07) is 5.25. The van der Waals surface area contributed by atoms with Gasteiger partial charge in [0.15, 0.2) is 11.5 Å². The average molecular weight is 555 g/mol. The van der Waals surface area contributed by atoms with E-state index in [0.717, 1.165) is 37.4 Å². The van der Waals surface area contributed by atoms with Crippen LogP contribution in [0.1, 0.15) is 54.2 Å². The molecule has 13 heteroatoms. The molecule has 4 aromatic rings. The topological polar surface area (TPSA) is 129 Å². The number of hydrogen-bond donors (Lipinski definition) is 4. The highest BCUT2D eigenvalue weighted by molar-refractivity contribution is 5.96. The highest BCUT2D eigenvalue weighted by atomic mass is 19.4. The molecule has 40 heavy (non-hydrogen) atoms. The van der Waals surface area contributed by atoms with Crippen LogP contribution < -0.4 is 16.0 Å². The van der Waals surface area contributed by atoms with Gasteiger partial charge in [-0.2, -0.15) is 18.3 Å². The van der Waals surface area contributed by atoms with Crippen molar-refractivity contribution in [3.63, 3.8) is 0 Å². The Labute approximate surface area is 227 Å². The van der Waals surface area contributed by atoms with Crippen LogP contribution in [0.3, 0.4) is 0 Å². The van der Waals surface area contributed by atoms with Crippen LogP contribution in [-0.4, -0.2) is 49.5 Å². The number of H-pyrrole nitrogens is 1. The number of carbonyl (C=O) groups is 2. The van der Waals surface area contributed by atoms with Gasteiger partial charge in [-0.1, -0.05) is 19.8 Å². The Morgan fingerprint density at radius 2 is 1.88 bits per heavy atom. The number of hydrogen-bond acceptors (Lipinski definition) is 6. The zero-order valence-corrected chi connectivity index (χ0v) is 21.8. The summed E-state index contributed by atoms with van der Waals surface area (Å²) in [4.78, 5) is 33.6. The van der Waals surface area contributed by atoms with Gasteiger partial charge in [-0.25, -0.2) is 9.97 Å². The third-order valence-electron chi connectivity index (χ3n) is 7.06. The summed E-state index contributed by atoms with van der Waals surface area (Å²) >= 11 is 0. The summed E-state index contributed by atoms with van der Waals surface area (Å²) in [6.07, 6.45) is 5.44. The Morgan fingerprint density at radius 1 is 1.10 bits per heavy atom. The Kier molecular flexibility index (Phi) is 7.71. The van der Waals surface area contributed by atoms with Crippen LogP contribution in [0.15, 0.2) is 43.0 Å². The molecule has 0 bridgehead atoms. The maximum absolute atomic E-state index is 13.4. The van der Waals surface area contributed by atoms with Crippen molar-refractivity contribution >= 4 is 29.0 Å². The second-order valence-corrected chi connectivity index (χ2v) is 9.65. The zero-order valence-electron chi connectivity index (χ0n) is 21.8. The lowest BCUT2D eigenvalue weighted by atomic mass is 10.0. The van der Waals surface area contributed by atoms with Gasteiger partial charge in [-0.05, 0) is 43.0 Å². The van der Waals surface area contributed by atoms with Crippen molar-refractivity contribution in [1.29, 1.82) is 0 Å². The standard InChI is InChI=1S/C27H29F3N8O2/c1-2-16-13-18(7-8-19(16)26(40)33-10-9-32-25(39)17-5-3-4-6-17)36-23-24-34-15-21(38(24)12-11-31-23)20-14-35-37-22(20)27(28,29)30/h7-8,11-15,17H,2-6,9-10H2,1H3,(H,31,36)(H,32,39)(H,33,40)(H,35,37). The number of carbonyl (C=O) groups excluding carboxylic acids is 2. The van der Waals surface area contributed by atoms with E-state index in [0.29, 0.717) is 42.2 Å². The Morgan fingerprint density at radius 3 is 2.62 bits per heavy atom. The quantitative estimate of drug-likeness (QED) is 0.226. The van der Waals surface area contributed by atoms with Crippen molar-refractivity contribution in [2.75, 3.05) is 18.4 Å². The minimum Gasteiger partial charge on any atom is -0.354 e. The fourth-order valence-electron chi connectivity index (χ4n) is 5.01. The molecule has 0 atom stereocenters. The molecule has 5 rings (SSSR count). The largest absolute Gasteiger partial charge is 0.433 e. The van der Waals surface area contributed by atoms with Gasteiger partial charge in [0.25, 0.3) is 5.91 Å². The molecule has 4 N–H and O–H groups in total. The van der Waals surface area contributed by atoms with Crippen LogP contribution in [0.25, 0.3) is 16.9 Å². The Hall–Kier alpha value is -4.42. The van der Waals surface area contributed by atoms with Crippen LogP contribution in [0.2, 0.25) is 0 Å². The second kappa shape index (κ2) is 11.4. The van der Waals surface area contributed by atoms with Crippen molar-refractivity contribution in [3.05, 3.63) is 59.8 Å². The molecule has 1 aliphatic rings. The summed E-state index contributed by atoms with van der Waals surface area (Å²) < 4.78 is 41.7.